The number of carbonyl (C=O) groups is 1. The Bertz CT molecular complexity index is 780. The van der Waals surface area contributed by atoms with Crippen LogP contribution in [-0.2, 0) is 21.4 Å². The van der Waals surface area contributed by atoms with Gasteiger partial charge in [0.2, 0.25) is 10.0 Å². The summed E-state index contributed by atoms with van der Waals surface area (Å²) in [5.74, 6) is -0.0616. The fourth-order valence-electron chi connectivity index (χ4n) is 1.74. The van der Waals surface area contributed by atoms with Gasteiger partial charge in [0, 0.05) is 6.07 Å². The van der Waals surface area contributed by atoms with E-state index in [9.17, 15) is 13.2 Å². The normalized spacial score (nSPS) is 11.4. The summed E-state index contributed by atoms with van der Waals surface area (Å²) in [6.07, 6.45) is 0. The van der Waals surface area contributed by atoms with Crippen molar-refractivity contribution in [2.24, 2.45) is 5.14 Å². The molecule has 7 nitrogen and oxygen atoms in total. The standard InChI is InChI=1S/C13H14N2O5S/c1-8-3-4-10(6-12(8)21(14,17)18)13(16)19-7-11-5-9(2)20-15-11/h3-6H,7H2,1-2H3,(H2,14,17,18). The molecule has 0 saturated carbocycles. The highest BCUT2D eigenvalue weighted by molar-refractivity contribution is 7.89. The molecule has 0 unspecified atom stereocenters. The Morgan fingerprint density at radius 3 is 2.62 bits per heavy atom. The van der Waals surface area contributed by atoms with E-state index in [0.29, 0.717) is 17.0 Å². The molecule has 0 saturated heterocycles. The lowest BCUT2D eigenvalue weighted by Gasteiger charge is -2.07. The molecule has 1 aromatic heterocycles. The van der Waals surface area contributed by atoms with Crippen LogP contribution in [-0.4, -0.2) is 19.5 Å². The Kier molecular flexibility index (Phi) is 4.10. The van der Waals surface area contributed by atoms with Gasteiger partial charge in [-0.3, -0.25) is 0 Å². The zero-order valence-electron chi connectivity index (χ0n) is 11.5. The zero-order chi connectivity index (χ0) is 15.6. The van der Waals surface area contributed by atoms with Crippen molar-refractivity contribution in [3.63, 3.8) is 0 Å². The largest absolute Gasteiger partial charge is 0.455 e. The average Bonchev–Trinajstić information content (AvgIpc) is 2.81. The van der Waals surface area contributed by atoms with Crippen LogP contribution >= 0.6 is 0 Å². The summed E-state index contributed by atoms with van der Waals surface area (Å²) < 4.78 is 32.7. The molecule has 0 fully saturated rings. The van der Waals surface area contributed by atoms with E-state index in [1.165, 1.54) is 18.2 Å². The number of rotatable bonds is 4. The Balaban J connectivity index is 2.16. The third-order valence-corrected chi connectivity index (χ3v) is 3.81. The molecule has 0 radical (unpaired) electrons. The number of benzene rings is 1. The maximum absolute atomic E-state index is 11.9. The minimum atomic E-state index is -3.89. The minimum absolute atomic E-state index is 0.0608. The summed E-state index contributed by atoms with van der Waals surface area (Å²) in [4.78, 5) is 11.8. The molecular formula is C13H14N2O5S. The predicted molar refractivity (Wildman–Crippen MR) is 72.9 cm³/mol. The summed E-state index contributed by atoms with van der Waals surface area (Å²) in [6.45, 7) is 3.25. The first kappa shape index (κ1) is 15.2. The van der Waals surface area contributed by atoms with Gasteiger partial charge in [-0.05, 0) is 31.5 Å². The van der Waals surface area contributed by atoms with Crippen molar-refractivity contribution in [1.82, 2.24) is 5.16 Å². The number of aryl methyl sites for hydroxylation is 2. The number of esters is 1. The van der Waals surface area contributed by atoms with E-state index in [0.717, 1.165) is 0 Å². The quantitative estimate of drug-likeness (QED) is 0.852. The van der Waals surface area contributed by atoms with Gasteiger partial charge >= 0.3 is 5.97 Å². The van der Waals surface area contributed by atoms with Gasteiger partial charge in [-0.25, -0.2) is 18.4 Å². The molecule has 2 rings (SSSR count). The van der Waals surface area contributed by atoms with E-state index < -0.39 is 16.0 Å². The Morgan fingerprint density at radius 1 is 1.33 bits per heavy atom. The van der Waals surface area contributed by atoms with Crippen LogP contribution in [0.25, 0.3) is 0 Å². The molecular weight excluding hydrogens is 296 g/mol. The lowest BCUT2D eigenvalue weighted by Crippen LogP contribution is -2.15. The molecule has 1 aromatic carbocycles. The number of hydrogen-bond acceptors (Lipinski definition) is 6. The molecule has 112 valence electrons. The van der Waals surface area contributed by atoms with Gasteiger partial charge in [0.05, 0.1) is 10.5 Å². The first-order chi connectivity index (χ1) is 9.77. The second-order valence-electron chi connectivity index (χ2n) is 4.53. The molecule has 0 spiro atoms. The zero-order valence-corrected chi connectivity index (χ0v) is 12.3. The van der Waals surface area contributed by atoms with Crippen LogP contribution < -0.4 is 5.14 Å². The van der Waals surface area contributed by atoms with Gasteiger partial charge in [-0.1, -0.05) is 11.2 Å². The van der Waals surface area contributed by atoms with Crippen LogP contribution in [0.1, 0.15) is 27.4 Å². The topological polar surface area (TPSA) is 112 Å². The van der Waals surface area contributed by atoms with E-state index >= 15 is 0 Å². The van der Waals surface area contributed by atoms with E-state index in [2.05, 4.69) is 5.16 Å². The van der Waals surface area contributed by atoms with E-state index in [1.54, 1.807) is 19.9 Å². The smallest absolute Gasteiger partial charge is 0.338 e. The van der Waals surface area contributed by atoms with Crippen LogP contribution in [0.2, 0.25) is 0 Å². The van der Waals surface area contributed by atoms with Crippen LogP contribution in [0.5, 0.6) is 0 Å². The number of hydrogen-bond donors (Lipinski definition) is 1. The van der Waals surface area contributed by atoms with Crippen LogP contribution in [0.15, 0.2) is 33.7 Å². The monoisotopic (exact) mass is 310 g/mol. The van der Waals surface area contributed by atoms with Crippen molar-refractivity contribution in [3.05, 3.63) is 46.8 Å². The second kappa shape index (κ2) is 5.66. The fraction of sp³-hybridized carbons (Fsp3) is 0.231. The Labute approximate surface area is 121 Å². The number of nitrogens with two attached hydrogens (primary N) is 1. The van der Waals surface area contributed by atoms with Crippen molar-refractivity contribution < 1.29 is 22.5 Å². The van der Waals surface area contributed by atoms with E-state index in [1.807, 2.05) is 0 Å². The number of carbonyl (C=O) groups excluding carboxylic acids is 1. The molecule has 2 N–H and O–H groups in total. The summed E-state index contributed by atoms with van der Waals surface area (Å²) in [7, 11) is -3.89. The van der Waals surface area contributed by atoms with E-state index in [-0.39, 0.29) is 17.1 Å². The molecule has 1 heterocycles. The van der Waals surface area contributed by atoms with Gasteiger partial charge in [0.1, 0.15) is 18.1 Å². The average molecular weight is 310 g/mol. The minimum Gasteiger partial charge on any atom is -0.455 e. The predicted octanol–water partition coefficient (Wildman–Crippen LogP) is 1.30. The highest BCUT2D eigenvalue weighted by Gasteiger charge is 2.16. The summed E-state index contributed by atoms with van der Waals surface area (Å²) in [6, 6.07) is 5.80. The molecule has 0 bridgehead atoms. The molecule has 21 heavy (non-hydrogen) atoms. The maximum atomic E-state index is 11.9. The number of ether oxygens (including phenoxy) is 1. The number of nitrogens with zero attached hydrogens (tertiary/aromatic N) is 1. The van der Waals surface area contributed by atoms with Crippen molar-refractivity contribution in [1.29, 1.82) is 0 Å². The van der Waals surface area contributed by atoms with Crippen molar-refractivity contribution in [2.75, 3.05) is 0 Å². The SMILES string of the molecule is Cc1cc(COC(=O)c2ccc(C)c(S(N)(=O)=O)c2)no1. The third kappa shape index (κ3) is 3.67. The summed E-state index contributed by atoms with van der Waals surface area (Å²) in [5.41, 5.74) is 1.03. The molecule has 0 atom stereocenters. The van der Waals surface area contributed by atoms with Gasteiger partial charge < -0.3 is 9.26 Å². The maximum Gasteiger partial charge on any atom is 0.338 e. The van der Waals surface area contributed by atoms with Crippen molar-refractivity contribution in [2.45, 2.75) is 25.3 Å². The van der Waals surface area contributed by atoms with Crippen molar-refractivity contribution >= 4 is 16.0 Å². The van der Waals surface area contributed by atoms with Crippen LogP contribution in [0.4, 0.5) is 0 Å². The van der Waals surface area contributed by atoms with Crippen molar-refractivity contribution in [3.8, 4) is 0 Å². The first-order valence-corrected chi connectivity index (χ1v) is 7.55. The molecule has 0 aliphatic carbocycles. The van der Waals surface area contributed by atoms with Gasteiger partial charge in [0.15, 0.2) is 0 Å². The number of primary sulfonamides is 1. The molecule has 0 aliphatic rings. The van der Waals surface area contributed by atoms with Crippen LogP contribution in [0.3, 0.4) is 0 Å². The second-order valence-corrected chi connectivity index (χ2v) is 6.06. The first-order valence-electron chi connectivity index (χ1n) is 6.00. The fourth-order valence-corrected chi connectivity index (χ4v) is 2.55. The summed E-state index contributed by atoms with van der Waals surface area (Å²) in [5, 5.41) is 8.78. The molecule has 0 amide bonds. The van der Waals surface area contributed by atoms with Gasteiger partial charge in [0.25, 0.3) is 0 Å². The lowest BCUT2D eigenvalue weighted by molar-refractivity contribution is 0.0464. The Morgan fingerprint density at radius 2 is 2.05 bits per heavy atom. The Hall–Kier alpha value is -2.19. The lowest BCUT2D eigenvalue weighted by atomic mass is 10.1. The number of sulfonamides is 1. The molecule has 2 aromatic rings. The molecule has 8 heteroatoms. The highest BCUT2D eigenvalue weighted by Crippen LogP contribution is 2.16. The highest BCUT2D eigenvalue weighted by atomic mass is 32.2. The van der Waals surface area contributed by atoms with E-state index in [4.69, 9.17) is 14.4 Å². The molecule has 0 aliphatic heterocycles. The summed E-state index contributed by atoms with van der Waals surface area (Å²) >= 11 is 0. The van der Waals surface area contributed by atoms with Gasteiger partial charge in [-0.2, -0.15) is 0 Å². The third-order valence-electron chi connectivity index (χ3n) is 2.76. The van der Waals surface area contributed by atoms with Gasteiger partial charge in [-0.15, -0.1) is 0 Å². The number of aromatic nitrogens is 1. The van der Waals surface area contributed by atoms with Crippen LogP contribution in [0, 0.1) is 13.8 Å².